The van der Waals surface area contributed by atoms with Crippen molar-refractivity contribution in [3.63, 3.8) is 0 Å². The molecular formula is C31H27N3O6S. The summed E-state index contributed by atoms with van der Waals surface area (Å²) in [6.07, 6.45) is 1.49. The molecule has 0 unspecified atom stereocenters. The number of amides is 3. The van der Waals surface area contributed by atoms with Crippen molar-refractivity contribution in [2.45, 2.75) is 18.4 Å². The van der Waals surface area contributed by atoms with Gasteiger partial charge in [0.05, 0.1) is 32.7 Å². The quantitative estimate of drug-likeness (QED) is 0.229. The Balaban J connectivity index is 1.39. The van der Waals surface area contributed by atoms with Crippen LogP contribution < -0.4 is 20.1 Å². The Morgan fingerprint density at radius 1 is 0.927 bits per heavy atom. The number of ether oxygens (including phenoxy) is 2. The molecule has 2 heterocycles. The van der Waals surface area contributed by atoms with Gasteiger partial charge in [-0.05, 0) is 79.2 Å². The zero-order valence-corrected chi connectivity index (χ0v) is 23.4. The number of imide groups is 1. The van der Waals surface area contributed by atoms with E-state index in [2.05, 4.69) is 10.6 Å². The van der Waals surface area contributed by atoms with Crippen LogP contribution in [0.4, 0.5) is 11.4 Å². The fourth-order valence-corrected chi connectivity index (χ4v) is 5.15. The van der Waals surface area contributed by atoms with E-state index >= 15 is 0 Å². The average molecular weight is 570 g/mol. The van der Waals surface area contributed by atoms with Gasteiger partial charge in [-0.3, -0.25) is 19.3 Å². The summed E-state index contributed by atoms with van der Waals surface area (Å²) in [6.45, 7) is 1.92. The Morgan fingerprint density at radius 2 is 1.73 bits per heavy atom. The van der Waals surface area contributed by atoms with Crippen LogP contribution in [0.1, 0.15) is 21.7 Å². The Bertz CT molecular complexity index is 1630. The van der Waals surface area contributed by atoms with E-state index in [9.17, 15) is 14.4 Å². The zero-order chi connectivity index (χ0) is 28.9. The molecule has 3 aromatic carbocycles. The highest BCUT2D eigenvalue weighted by Crippen LogP contribution is 2.38. The molecule has 41 heavy (non-hydrogen) atoms. The van der Waals surface area contributed by atoms with Crippen LogP contribution in [0.3, 0.4) is 0 Å². The summed E-state index contributed by atoms with van der Waals surface area (Å²) in [5, 5.41) is 6.01. The van der Waals surface area contributed by atoms with Crippen LogP contribution in [-0.4, -0.2) is 36.8 Å². The second kappa shape index (κ2) is 12.1. The Labute approximate surface area is 241 Å². The van der Waals surface area contributed by atoms with Crippen molar-refractivity contribution in [2.75, 3.05) is 24.9 Å². The maximum Gasteiger partial charge on any atom is 0.278 e. The van der Waals surface area contributed by atoms with Gasteiger partial charge < -0.3 is 24.5 Å². The van der Waals surface area contributed by atoms with Crippen LogP contribution >= 0.6 is 11.8 Å². The van der Waals surface area contributed by atoms with Gasteiger partial charge in [0, 0.05) is 16.1 Å². The van der Waals surface area contributed by atoms with Gasteiger partial charge in [-0.2, -0.15) is 0 Å². The van der Waals surface area contributed by atoms with Gasteiger partial charge in [-0.25, -0.2) is 0 Å². The third-order valence-corrected chi connectivity index (χ3v) is 7.39. The maximum atomic E-state index is 13.5. The number of aryl methyl sites for hydroxylation is 1. The van der Waals surface area contributed by atoms with Crippen molar-refractivity contribution in [1.82, 2.24) is 4.90 Å². The molecule has 1 aliphatic heterocycles. The highest BCUT2D eigenvalue weighted by Gasteiger charge is 2.40. The Hall–Kier alpha value is -4.96. The fourth-order valence-electron chi connectivity index (χ4n) is 4.21. The molecule has 1 aromatic heterocycles. The molecular weight excluding hydrogens is 542 g/mol. The Morgan fingerprint density at radius 3 is 2.44 bits per heavy atom. The van der Waals surface area contributed by atoms with Crippen molar-refractivity contribution in [3.8, 4) is 11.5 Å². The van der Waals surface area contributed by atoms with Crippen LogP contribution in [0.25, 0.3) is 0 Å². The van der Waals surface area contributed by atoms with E-state index in [0.717, 1.165) is 22.2 Å². The number of hydrogen-bond acceptors (Lipinski definition) is 8. The van der Waals surface area contributed by atoms with Gasteiger partial charge in [-0.15, -0.1) is 0 Å². The van der Waals surface area contributed by atoms with Gasteiger partial charge in [-0.1, -0.05) is 23.9 Å². The fraction of sp³-hybridized carbons (Fsp3) is 0.129. The molecule has 0 saturated heterocycles. The molecule has 5 rings (SSSR count). The van der Waals surface area contributed by atoms with Crippen LogP contribution in [0.2, 0.25) is 0 Å². The SMILES string of the molecule is COc1cccc(C(=O)Nc2ccc(SC3=C(Nc4cc(C)ccc4OC)C(=O)N(Cc4ccco4)C3=O)cc2)c1. The van der Waals surface area contributed by atoms with Crippen molar-refractivity contribution in [1.29, 1.82) is 0 Å². The number of methoxy groups -OCH3 is 2. The maximum absolute atomic E-state index is 13.5. The van der Waals surface area contributed by atoms with E-state index in [1.165, 1.54) is 6.26 Å². The number of rotatable bonds is 10. The lowest BCUT2D eigenvalue weighted by Crippen LogP contribution is -2.31. The molecule has 0 spiro atoms. The monoisotopic (exact) mass is 569 g/mol. The third-order valence-electron chi connectivity index (χ3n) is 6.30. The van der Waals surface area contributed by atoms with Gasteiger partial charge in [0.15, 0.2) is 0 Å². The van der Waals surface area contributed by atoms with Gasteiger partial charge in [0.2, 0.25) is 0 Å². The van der Waals surface area contributed by atoms with Gasteiger partial charge in [0.25, 0.3) is 17.7 Å². The molecule has 4 aromatic rings. The highest BCUT2D eigenvalue weighted by atomic mass is 32.2. The van der Waals surface area contributed by atoms with Gasteiger partial charge >= 0.3 is 0 Å². The number of furan rings is 1. The summed E-state index contributed by atoms with van der Waals surface area (Å²) in [6, 6.07) is 22.8. The van der Waals surface area contributed by atoms with Gasteiger partial charge in [0.1, 0.15) is 27.9 Å². The standard InChI is InChI=1S/C31H27N3O6S/c1-19-9-14-26(39-3)25(16-19)33-27-28(31(37)34(30(27)36)18-23-8-5-15-40-23)41-24-12-10-21(11-13-24)32-29(35)20-6-4-7-22(17-20)38-2/h4-17,33H,18H2,1-3H3,(H,32,35). The second-order valence-corrected chi connectivity index (χ2v) is 10.2. The minimum absolute atomic E-state index is 0.0000992. The van der Waals surface area contributed by atoms with E-state index in [0.29, 0.717) is 39.1 Å². The predicted octanol–water partition coefficient (Wildman–Crippen LogP) is 5.84. The molecule has 0 bridgehead atoms. The summed E-state index contributed by atoms with van der Waals surface area (Å²) in [4.78, 5) is 41.8. The molecule has 3 amide bonds. The van der Waals surface area contributed by atoms with Crippen LogP contribution in [0, 0.1) is 6.92 Å². The number of nitrogens with zero attached hydrogens (tertiary/aromatic N) is 1. The molecule has 0 radical (unpaired) electrons. The van der Waals surface area contributed by atoms with Crippen molar-refractivity contribution < 1.29 is 28.3 Å². The summed E-state index contributed by atoms with van der Waals surface area (Å²) in [7, 11) is 3.08. The largest absolute Gasteiger partial charge is 0.497 e. The number of carbonyl (C=O) groups excluding carboxylic acids is 3. The molecule has 208 valence electrons. The summed E-state index contributed by atoms with van der Waals surface area (Å²) >= 11 is 1.16. The van der Waals surface area contributed by atoms with Crippen LogP contribution in [0.5, 0.6) is 11.5 Å². The first kappa shape index (κ1) is 27.6. The molecule has 1 aliphatic rings. The van der Waals surface area contributed by atoms with Crippen molar-refractivity contribution >= 4 is 40.9 Å². The van der Waals surface area contributed by atoms with Crippen LogP contribution in [-0.2, 0) is 16.1 Å². The lowest BCUT2D eigenvalue weighted by atomic mass is 10.2. The molecule has 9 nitrogen and oxygen atoms in total. The van der Waals surface area contributed by atoms with Crippen LogP contribution in [0.15, 0.2) is 105 Å². The smallest absolute Gasteiger partial charge is 0.278 e. The summed E-state index contributed by atoms with van der Waals surface area (Å²) in [5.41, 5.74) is 2.70. The molecule has 0 atom stereocenters. The lowest BCUT2D eigenvalue weighted by Gasteiger charge is -2.15. The minimum Gasteiger partial charge on any atom is -0.497 e. The first-order valence-electron chi connectivity index (χ1n) is 12.6. The Kier molecular flexibility index (Phi) is 8.11. The number of carbonyl (C=O) groups is 3. The number of benzene rings is 3. The second-order valence-electron chi connectivity index (χ2n) is 9.12. The zero-order valence-electron chi connectivity index (χ0n) is 22.6. The number of nitrogens with one attached hydrogen (secondary N) is 2. The molecule has 2 N–H and O–H groups in total. The first-order chi connectivity index (χ1) is 19.9. The number of thioether (sulfide) groups is 1. The minimum atomic E-state index is -0.473. The van der Waals surface area contributed by atoms with E-state index in [1.807, 2.05) is 19.1 Å². The normalized spacial score (nSPS) is 13.0. The van der Waals surface area contributed by atoms with Crippen molar-refractivity contribution in [3.05, 3.63) is 113 Å². The molecule has 0 fully saturated rings. The highest BCUT2D eigenvalue weighted by molar-refractivity contribution is 8.04. The summed E-state index contributed by atoms with van der Waals surface area (Å²) in [5.74, 6) is 0.411. The van der Waals surface area contributed by atoms with E-state index < -0.39 is 11.8 Å². The average Bonchev–Trinajstić information content (AvgIpc) is 3.58. The third kappa shape index (κ3) is 6.12. The topological polar surface area (TPSA) is 110 Å². The predicted molar refractivity (Wildman–Crippen MR) is 156 cm³/mol. The summed E-state index contributed by atoms with van der Waals surface area (Å²) < 4.78 is 16.1. The number of hydrogen-bond donors (Lipinski definition) is 2. The number of anilines is 2. The van der Waals surface area contributed by atoms with Crippen molar-refractivity contribution in [2.24, 2.45) is 0 Å². The first-order valence-corrected chi connectivity index (χ1v) is 13.5. The van der Waals surface area contributed by atoms with E-state index in [-0.39, 0.29) is 23.1 Å². The van der Waals surface area contributed by atoms with E-state index in [1.54, 1.807) is 80.9 Å². The molecule has 0 saturated carbocycles. The molecule has 10 heteroatoms. The molecule has 0 aliphatic carbocycles. The lowest BCUT2D eigenvalue weighted by molar-refractivity contribution is -0.138. The van der Waals surface area contributed by atoms with E-state index in [4.69, 9.17) is 13.9 Å².